The second-order valence-electron chi connectivity index (χ2n) is 7.70. The first-order chi connectivity index (χ1) is 15.3. The van der Waals surface area contributed by atoms with Gasteiger partial charge in [0.05, 0.1) is 6.20 Å². The van der Waals surface area contributed by atoms with E-state index in [0.717, 1.165) is 25.1 Å². The van der Waals surface area contributed by atoms with Crippen LogP contribution in [0.4, 0.5) is 0 Å². The smallest absolute Gasteiger partial charge is 0.253 e. The van der Waals surface area contributed by atoms with E-state index in [2.05, 4.69) is 20.1 Å². The fourth-order valence-corrected chi connectivity index (χ4v) is 3.98. The Morgan fingerprint density at radius 1 is 1.13 bits per heavy atom. The number of benzene rings is 1. The van der Waals surface area contributed by atoms with Crippen molar-refractivity contribution >= 4 is 5.91 Å². The lowest BCUT2D eigenvalue weighted by Crippen LogP contribution is -2.40. The molecule has 1 amide bonds. The molecule has 4 aromatic rings. The average molecular weight is 414 g/mol. The third kappa shape index (κ3) is 4.23. The molecule has 1 saturated heterocycles. The first kappa shape index (κ1) is 19.2. The van der Waals surface area contributed by atoms with Gasteiger partial charge in [-0.1, -0.05) is 5.16 Å². The van der Waals surface area contributed by atoms with Crippen molar-refractivity contribution in [1.82, 2.24) is 29.6 Å². The van der Waals surface area contributed by atoms with E-state index in [4.69, 9.17) is 4.52 Å². The summed E-state index contributed by atoms with van der Waals surface area (Å²) >= 11 is 0. The van der Waals surface area contributed by atoms with E-state index in [1.54, 1.807) is 18.6 Å². The highest BCUT2D eigenvalue weighted by Gasteiger charge is 2.26. The van der Waals surface area contributed by atoms with Crippen LogP contribution < -0.4 is 0 Å². The summed E-state index contributed by atoms with van der Waals surface area (Å²) in [5.41, 5.74) is 2.33. The molecule has 1 fully saturated rings. The third-order valence-corrected chi connectivity index (χ3v) is 5.55. The summed E-state index contributed by atoms with van der Waals surface area (Å²) in [6.45, 7) is 1.45. The topological polar surface area (TPSA) is 89.9 Å². The van der Waals surface area contributed by atoms with Gasteiger partial charge in [0, 0.05) is 55.5 Å². The van der Waals surface area contributed by atoms with Crippen molar-refractivity contribution in [2.45, 2.75) is 19.3 Å². The van der Waals surface area contributed by atoms with E-state index >= 15 is 0 Å². The van der Waals surface area contributed by atoms with Crippen LogP contribution in [-0.2, 0) is 6.42 Å². The Bertz CT molecular complexity index is 1140. The van der Waals surface area contributed by atoms with E-state index in [0.29, 0.717) is 35.9 Å². The van der Waals surface area contributed by atoms with Crippen LogP contribution in [-0.4, -0.2) is 48.6 Å². The molecule has 0 spiro atoms. The predicted octanol–water partition coefficient (Wildman–Crippen LogP) is 3.41. The van der Waals surface area contributed by atoms with Gasteiger partial charge in [-0.2, -0.15) is 4.98 Å². The van der Waals surface area contributed by atoms with Crippen LogP contribution in [0, 0.1) is 5.92 Å². The Labute approximate surface area is 179 Å². The van der Waals surface area contributed by atoms with Gasteiger partial charge in [-0.25, -0.2) is 4.98 Å². The summed E-state index contributed by atoms with van der Waals surface area (Å²) < 4.78 is 7.43. The average Bonchev–Trinajstić information content (AvgIpc) is 3.52. The molecule has 0 aliphatic carbocycles. The van der Waals surface area contributed by atoms with Crippen molar-refractivity contribution in [3.63, 3.8) is 0 Å². The molecule has 1 aromatic carbocycles. The molecule has 0 N–H and O–H groups in total. The van der Waals surface area contributed by atoms with E-state index in [1.165, 1.54) is 0 Å². The maximum Gasteiger partial charge on any atom is 0.253 e. The Kier molecular flexibility index (Phi) is 5.26. The van der Waals surface area contributed by atoms with Crippen LogP contribution in [0.2, 0.25) is 0 Å². The van der Waals surface area contributed by atoms with E-state index in [-0.39, 0.29) is 11.8 Å². The summed E-state index contributed by atoms with van der Waals surface area (Å²) in [7, 11) is 0. The molecular weight excluding hydrogens is 392 g/mol. The van der Waals surface area contributed by atoms with E-state index < -0.39 is 0 Å². The molecule has 8 nitrogen and oxygen atoms in total. The maximum absolute atomic E-state index is 13.0. The number of aromatic nitrogens is 5. The number of hydrogen-bond donors (Lipinski definition) is 0. The quantitative estimate of drug-likeness (QED) is 0.497. The number of rotatable bonds is 5. The minimum Gasteiger partial charge on any atom is -0.339 e. The summed E-state index contributed by atoms with van der Waals surface area (Å²) in [5.74, 6) is 1.35. The zero-order chi connectivity index (χ0) is 21.0. The minimum atomic E-state index is 0.0644. The molecule has 0 bridgehead atoms. The number of hydrogen-bond acceptors (Lipinski definition) is 6. The van der Waals surface area contributed by atoms with Crippen molar-refractivity contribution in [3.8, 4) is 17.2 Å². The molecule has 1 unspecified atom stereocenters. The lowest BCUT2D eigenvalue weighted by Gasteiger charge is -2.32. The molecule has 1 atom stereocenters. The van der Waals surface area contributed by atoms with Crippen molar-refractivity contribution in [2.24, 2.45) is 5.92 Å². The Balaban J connectivity index is 1.23. The summed E-state index contributed by atoms with van der Waals surface area (Å²) in [5, 5.41) is 4.01. The highest BCUT2D eigenvalue weighted by molar-refractivity contribution is 5.94. The monoisotopic (exact) mass is 414 g/mol. The summed E-state index contributed by atoms with van der Waals surface area (Å²) in [4.78, 5) is 27.6. The number of piperidine rings is 1. The molecular formula is C23H22N6O2. The van der Waals surface area contributed by atoms with Gasteiger partial charge in [0.25, 0.3) is 5.91 Å². The van der Waals surface area contributed by atoms with Crippen molar-refractivity contribution in [3.05, 3.63) is 78.8 Å². The van der Waals surface area contributed by atoms with Gasteiger partial charge in [0.1, 0.15) is 5.69 Å². The Hall–Kier alpha value is -3.81. The molecule has 1 aliphatic heterocycles. The molecule has 0 radical (unpaired) electrons. The number of likely N-dealkylation sites (tertiary alicyclic amines) is 1. The predicted molar refractivity (Wildman–Crippen MR) is 113 cm³/mol. The third-order valence-electron chi connectivity index (χ3n) is 5.55. The van der Waals surface area contributed by atoms with Gasteiger partial charge in [0.2, 0.25) is 11.7 Å². The molecule has 31 heavy (non-hydrogen) atoms. The highest BCUT2D eigenvalue weighted by atomic mass is 16.5. The Morgan fingerprint density at radius 3 is 2.74 bits per heavy atom. The van der Waals surface area contributed by atoms with Gasteiger partial charge in [-0.05, 0) is 55.2 Å². The second kappa shape index (κ2) is 8.51. The van der Waals surface area contributed by atoms with Gasteiger partial charge in [-0.15, -0.1) is 0 Å². The van der Waals surface area contributed by atoms with Crippen LogP contribution in [0.1, 0.15) is 29.1 Å². The molecule has 0 saturated carbocycles. The second-order valence-corrected chi connectivity index (χ2v) is 7.70. The van der Waals surface area contributed by atoms with Crippen molar-refractivity contribution < 1.29 is 9.32 Å². The first-order valence-corrected chi connectivity index (χ1v) is 10.4. The van der Waals surface area contributed by atoms with Gasteiger partial charge in [-0.3, -0.25) is 9.78 Å². The lowest BCUT2D eigenvalue weighted by atomic mass is 9.94. The molecule has 5 rings (SSSR count). The lowest BCUT2D eigenvalue weighted by molar-refractivity contribution is 0.0668. The Morgan fingerprint density at radius 2 is 1.97 bits per heavy atom. The van der Waals surface area contributed by atoms with Gasteiger partial charge >= 0.3 is 0 Å². The number of nitrogens with zero attached hydrogens (tertiary/aromatic N) is 6. The SMILES string of the molecule is O=C(c1ccc(-n2cccc2)cc1)N1CCCC(Cc2nc(-c3cnccn3)no2)C1. The number of carbonyl (C=O) groups excluding carboxylic acids is 1. The molecule has 156 valence electrons. The van der Waals surface area contributed by atoms with Crippen molar-refractivity contribution in [2.75, 3.05) is 13.1 Å². The number of carbonyl (C=O) groups is 1. The van der Waals surface area contributed by atoms with E-state index in [9.17, 15) is 4.79 Å². The van der Waals surface area contributed by atoms with Crippen LogP contribution in [0.25, 0.3) is 17.2 Å². The molecule has 3 aromatic heterocycles. The van der Waals surface area contributed by atoms with Crippen molar-refractivity contribution in [1.29, 1.82) is 0 Å². The van der Waals surface area contributed by atoms with Crippen LogP contribution in [0.15, 0.2) is 71.9 Å². The molecule has 4 heterocycles. The fraction of sp³-hybridized carbons (Fsp3) is 0.261. The largest absolute Gasteiger partial charge is 0.339 e. The van der Waals surface area contributed by atoms with Crippen LogP contribution in [0.3, 0.4) is 0 Å². The molecule has 8 heteroatoms. The normalized spacial score (nSPS) is 16.4. The zero-order valence-electron chi connectivity index (χ0n) is 17.0. The van der Waals surface area contributed by atoms with Crippen LogP contribution in [0.5, 0.6) is 0 Å². The van der Waals surface area contributed by atoms with Gasteiger partial charge in [0.15, 0.2) is 0 Å². The first-order valence-electron chi connectivity index (χ1n) is 10.4. The molecule has 1 aliphatic rings. The standard InChI is InChI=1S/C23H22N6O2/c30-23(18-5-7-19(8-6-18)28-11-1-2-12-28)29-13-3-4-17(16-29)14-21-26-22(27-31-21)20-15-24-9-10-25-20/h1-2,5-12,15,17H,3-4,13-14,16H2. The number of amides is 1. The summed E-state index contributed by atoms with van der Waals surface area (Å²) in [6, 6.07) is 11.7. The zero-order valence-corrected chi connectivity index (χ0v) is 17.0. The summed E-state index contributed by atoms with van der Waals surface area (Å²) in [6.07, 6.45) is 11.4. The van der Waals surface area contributed by atoms with Gasteiger partial charge < -0.3 is 14.0 Å². The minimum absolute atomic E-state index is 0.0644. The van der Waals surface area contributed by atoms with E-state index in [1.807, 2.05) is 58.3 Å². The van der Waals surface area contributed by atoms with Crippen LogP contribution >= 0.6 is 0 Å². The maximum atomic E-state index is 13.0. The highest BCUT2D eigenvalue weighted by Crippen LogP contribution is 2.23. The fourth-order valence-electron chi connectivity index (χ4n) is 3.98.